The number of rotatable bonds is 2. The van der Waals surface area contributed by atoms with Gasteiger partial charge in [-0.2, -0.15) is 0 Å². The van der Waals surface area contributed by atoms with Crippen molar-refractivity contribution in [2.45, 2.75) is 25.7 Å². The molecule has 2 nitrogen and oxygen atoms in total. The molecule has 1 amide bonds. The Hall–Kier alpha value is -0.290. The summed E-state index contributed by atoms with van der Waals surface area (Å²) in [5.74, 6) is 0.351. The third kappa shape index (κ3) is 2.88. The van der Waals surface area contributed by atoms with Crippen LogP contribution >= 0.6 is 34.2 Å². The molecule has 0 radical (unpaired) electrons. The first-order chi connectivity index (χ1) is 7.66. The second-order valence-corrected chi connectivity index (χ2v) is 5.69. The van der Waals surface area contributed by atoms with E-state index >= 15 is 0 Å². The molecule has 1 aliphatic carbocycles. The second kappa shape index (κ2) is 5.36. The Kier molecular flexibility index (Phi) is 4.08. The Morgan fingerprint density at radius 3 is 2.69 bits per heavy atom. The highest BCUT2D eigenvalue weighted by molar-refractivity contribution is 14.1. The summed E-state index contributed by atoms with van der Waals surface area (Å²) in [6, 6.07) is 5.51. The van der Waals surface area contributed by atoms with Crippen LogP contribution in [0.25, 0.3) is 0 Å². The number of benzene rings is 1. The number of hydrogen-bond donors (Lipinski definition) is 1. The summed E-state index contributed by atoms with van der Waals surface area (Å²) >= 11 is 8.05. The zero-order chi connectivity index (χ0) is 11.5. The maximum absolute atomic E-state index is 11.9. The van der Waals surface area contributed by atoms with Crippen LogP contribution < -0.4 is 5.32 Å². The molecule has 0 unspecified atom stereocenters. The molecule has 1 fully saturated rings. The van der Waals surface area contributed by atoms with Crippen molar-refractivity contribution in [2.75, 3.05) is 5.32 Å². The van der Waals surface area contributed by atoms with E-state index < -0.39 is 0 Å². The normalized spacial score (nSPS) is 16.4. The Bertz CT molecular complexity index is 402. The molecule has 0 saturated heterocycles. The lowest BCUT2D eigenvalue weighted by Gasteiger charge is -2.11. The molecule has 0 heterocycles. The van der Waals surface area contributed by atoms with Crippen molar-refractivity contribution in [1.29, 1.82) is 0 Å². The summed E-state index contributed by atoms with van der Waals surface area (Å²) < 4.78 is 0.983. The monoisotopic (exact) mass is 349 g/mol. The van der Waals surface area contributed by atoms with Crippen LogP contribution in [0, 0.1) is 9.49 Å². The number of hydrogen-bond acceptors (Lipinski definition) is 1. The molecule has 0 bridgehead atoms. The van der Waals surface area contributed by atoms with Gasteiger partial charge in [0.2, 0.25) is 5.91 Å². The molecule has 0 spiro atoms. The average Bonchev–Trinajstić information content (AvgIpc) is 2.75. The van der Waals surface area contributed by atoms with Gasteiger partial charge in [-0.25, -0.2) is 0 Å². The number of carbonyl (C=O) groups is 1. The maximum Gasteiger partial charge on any atom is 0.227 e. The topological polar surface area (TPSA) is 29.1 Å². The molecule has 0 aromatic heterocycles. The van der Waals surface area contributed by atoms with Crippen LogP contribution in [-0.4, -0.2) is 5.91 Å². The van der Waals surface area contributed by atoms with E-state index in [0.29, 0.717) is 5.02 Å². The first kappa shape index (κ1) is 12.2. The van der Waals surface area contributed by atoms with E-state index in [1.807, 2.05) is 12.1 Å². The minimum absolute atomic E-state index is 0.151. The zero-order valence-corrected chi connectivity index (χ0v) is 11.7. The molecule has 0 atom stereocenters. The SMILES string of the molecule is O=C(Nc1ccc(Cl)cc1I)C1CCCC1. The van der Waals surface area contributed by atoms with Gasteiger partial charge in [-0.15, -0.1) is 0 Å². The molecule has 1 N–H and O–H groups in total. The quantitative estimate of drug-likeness (QED) is 0.801. The average molecular weight is 350 g/mol. The third-order valence-corrected chi connectivity index (χ3v) is 4.04. The van der Waals surface area contributed by atoms with Crippen LogP contribution in [-0.2, 0) is 4.79 Å². The van der Waals surface area contributed by atoms with Gasteiger partial charge in [0.1, 0.15) is 0 Å². The predicted molar refractivity (Wildman–Crippen MR) is 74.8 cm³/mol. The van der Waals surface area contributed by atoms with Gasteiger partial charge in [-0.3, -0.25) is 4.79 Å². The smallest absolute Gasteiger partial charge is 0.227 e. The summed E-state index contributed by atoms with van der Waals surface area (Å²) in [6.45, 7) is 0. The lowest BCUT2D eigenvalue weighted by molar-refractivity contribution is -0.119. The number of carbonyl (C=O) groups excluding carboxylic acids is 1. The molecule has 4 heteroatoms. The fourth-order valence-corrected chi connectivity index (χ4v) is 3.02. The minimum Gasteiger partial charge on any atom is -0.325 e. The summed E-state index contributed by atoms with van der Waals surface area (Å²) in [5, 5.41) is 3.67. The largest absolute Gasteiger partial charge is 0.325 e. The van der Waals surface area contributed by atoms with Gasteiger partial charge in [0.15, 0.2) is 0 Å². The van der Waals surface area contributed by atoms with Gasteiger partial charge in [0, 0.05) is 14.5 Å². The van der Waals surface area contributed by atoms with Crippen LogP contribution in [0.4, 0.5) is 5.69 Å². The molecule has 1 aromatic carbocycles. The van der Waals surface area contributed by atoms with Crippen molar-refractivity contribution >= 4 is 45.8 Å². The minimum atomic E-state index is 0.151. The van der Waals surface area contributed by atoms with Crippen LogP contribution in [0.1, 0.15) is 25.7 Å². The van der Waals surface area contributed by atoms with E-state index in [4.69, 9.17) is 11.6 Å². The first-order valence-corrected chi connectivity index (χ1v) is 6.88. The van der Waals surface area contributed by atoms with Crippen LogP contribution in [0.15, 0.2) is 18.2 Å². The van der Waals surface area contributed by atoms with Gasteiger partial charge in [0.25, 0.3) is 0 Å². The first-order valence-electron chi connectivity index (χ1n) is 5.43. The molecule has 1 aromatic rings. The number of anilines is 1. The highest BCUT2D eigenvalue weighted by Crippen LogP contribution is 2.28. The summed E-state index contributed by atoms with van der Waals surface area (Å²) in [6.07, 6.45) is 4.40. The Morgan fingerprint density at radius 1 is 1.38 bits per heavy atom. The van der Waals surface area contributed by atoms with Gasteiger partial charge < -0.3 is 5.32 Å². The second-order valence-electron chi connectivity index (χ2n) is 4.09. The van der Waals surface area contributed by atoms with Gasteiger partial charge in [-0.1, -0.05) is 24.4 Å². The van der Waals surface area contributed by atoms with Crippen LogP contribution in [0.2, 0.25) is 5.02 Å². The molecule has 0 aliphatic heterocycles. The highest BCUT2D eigenvalue weighted by Gasteiger charge is 2.22. The van der Waals surface area contributed by atoms with E-state index in [-0.39, 0.29) is 11.8 Å². The number of amides is 1. The lowest BCUT2D eigenvalue weighted by atomic mass is 10.1. The third-order valence-electron chi connectivity index (χ3n) is 2.91. The fraction of sp³-hybridized carbons (Fsp3) is 0.417. The Balaban J connectivity index is 2.05. The molecule has 86 valence electrons. The number of nitrogens with one attached hydrogen (secondary N) is 1. The van der Waals surface area contributed by atoms with Gasteiger partial charge >= 0.3 is 0 Å². The molecular weight excluding hydrogens is 336 g/mol. The van der Waals surface area contributed by atoms with E-state index in [0.717, 1.165) is 22.1 Å². The van der Waals surface area contributed by atoms with Crippen LogP contribution in [0.5, 0.6) is 0 Å². The van der Waals surface area contributed by atoms with E-state index in [1.54, 1.807) is 6.07 Å². The molecular formula is C12H13ClINO. The van der Waals surface area contributed by atoms with Crippen molar-refractivity contribution < 1.29 is 4.79 Å². The summed E-state index contributed by atoms with van der Waals surface area (Å²) in [5.41, 5.74) is 0.863. The Morgan fingerprint density at radius 2 is 2.06 bits per heavy atom. The molecule has 1 aliphatic rings. The van der Waals surface area contributed by atoms with Crippen molar-refractivity contribution in [3.8, 4) is 0 Å². The van der Waals surface area contributed by atoms with Gasteiger partial charge in [0.05, 0.1) is 5.69 Å². The van der Waals surface area contributed by atoms with E-state index in [9.17, 15) is 4.79 Å². The van der Waals surface area contributed by atoms with Crippen molar-refractivity contribution in [2.24, 2.45) is 5.92 Å². The summed E-state index contributed by atoms with van der Waals surface area (Å²) in [7, 11) is 0. The predicted octanol–water partition coefficient (Wildman–Crippen LogP) is 4.07. The molecule has 16 heavy (non-hydrogen) atoms. The van der Waals surface area contributed by atoms with Crippen molar-refractivity contribution in [1.82, 2.24) is 0 Å². The Labute approximate surface area is 114 Å². The summed E-state index contributed by atoms with van der Waals surface area (Å²) in [4.78, 5) is 11.9. The highest BCUT2D eigenvalue weighted by atomic mass is 127. The van der Waals surface area contributed by atoms with Gasteiger partial charge in [-0.05, 0) is 53.6 Å². The fourth-order valence-electron chi connectivity index (χ4n) is 2.01. The number of halogens is 2. The standard InChI is InChI=1S/C12H13ClINO/c13-9-5-6-11(10(14)7-9)15-12(16)8-3-1-2-4-8/h5-8H,1-4H2,(H,15,16). The lowest BCUT2D eigenvalue weighted by Crippen LogP contribution is -2.20. The van der Waals surface area contributed by atoms with Crippen LogP contribution in [0.3, 0.4) is 0 Å². The molecule has 1 saturated carbocycles. The van der Waals surface area contributed by atoms with Crippen molar-refractivity contribution in [3.63, 3.8) is 0 Å². The van der Waals surface area contributed by atoms with E-state index in [1.165, 1.54) is 12.8 Å². The van der Waals surface area contributed by atoms with E-state index in [2.05, 4.69) is 27.9 Å². The maximum atomic E-state index is 11.9. The zero-order valence-electron chi connectivity index (χ0n) is 8.80. The van der Waals surface area contributed by atoms with Crippen molar-refractivity contribution in [3.05, 3.63) is 26.8 Å². The molecule has 2 rings (SSSR count).